The second-order valence-electron chi connectivity index (χ2n) is 6.23. The fourth-order valence-electron chi connectivity index (χ4n) is 2.78. The number of rotatable bonds is 7. The van der Waals surface area contributed by atoms with Crippen LogP contribution >= 0.6 is 0 Å². The van der Waals surface area contributed by atoms with E-state index in [2.05, 4.69) is 15.3 Å². The minimum absolute atomic E-state index is 0.303. The van der Waals surface area contributed by atoms with E-state index in [9.17, 15) is 4.79 Å². The van der Waals surface area contributed by atoms with Crippen LogP contribution in [0.4, 0.5) is 11.6 Å². The van der Waals surface area contributed by atoms with Gasteiger partial charge in [-0.25, -0.2) is 9.97 Å². The lowest BCUT2D eigenvalue weighted by Gasteiger charge is -2.19. The molecule has 0 aliphatic carbocycles. The van der Waals surface area contributed by atoms with Crippen LogP contribution in [0.3, 0.4) is 0 Å². The fourth-order valence-corrected chi connectivity index (χ4v) is 2.78. The number of anilines is 2. The van der Waals surface area contributed by atoms with Crippen LogP contribution in [0.25, 0.3) is 0 Å². The molecule has 0 atom stereocenters. The summed E-state index contributed by atoms with van der Waals surface area (Å²) in [5, 5.41) is 2.90. The average molecular weight is 376 g/mol. The SMILES string of the molecule is CCN(CC)c1nc(C)cc(C(=O)Nc2ccccc2Oc2ccccc2)n1. The monoisotopic (exact) mass is 376 g/mol. The minimum atomic E-state index is -0.303. The summed E-state index contributed by atoms with van der Waals surface area (Å²) in [6, 6.07) is 18.5. The molecule has 1 heterocycles. The summed E-state index contributed by atoms with van der Waals surface area (Å²) in [6.45, 7) is 7.47. The Bertz CT molecular complexity index is 940. The third-order valence-corrected chi connectivity index (χ3v) is 4.23. The fraction of sp³-hybridized carbons (Fsp3) is 0.227. The van der Waals surface area contributed by atoms with Crippen LogP contribution in [0.1, 0.15) is 30.0 Å². The van der Waals surface area contributed by atoms with E-state index < -0.39 is 0 Å². The van der Waals surface area contributed by atoms with Crippen molar-refractivity contribution in [3.05, 3.63) is 72.1 Å². The van der Waals surface area contributed by atoms with Crippen molar-refractivity contribution in [1.82, 2.24) is 9.97 Å². The first-order valence-electron chi connectivity index (χ1n) is 9.34. The molecule has 1 N–H and O–H groups in total. The number of nitrogens with one attached hydrogen (secondary N) is 1. The molecular formula is C22H24N4O2. The van der Waals surface area contributed by atoms with Crippen molar-refractivity contribution in [1.29, 1.82) is 0 Å². The zero-order valence-corrected chi connectivity index (χ0v) is 16.3. The summed E-state index contributed by atoms with van der Waals surface area (Å²) >= 11 is 0. The Morgan fingerprint density at radius 1 is 1.00 bits per heavy atom. The van der Waals surface area contributed by atoms with E-state index in [1.165, 1.54) is 0 Å². The molecule has 0 aliphatic rings. The number of carbonyl (C=O) groups is 1. The maximum atomic E-state index is 12.8. The van der Waals surface area contributed by atoms with E-state index in [1.54, 1.807) is 12.1 Å². The van der Waals surface area contributed by atoms with Crippen LogP contribution in [0.2, 0.25) is 0 Å². The first-order valence-corrected chi connectivity index (χ1v) is 9.34. The average Bonchev–Trinajstić information content (AvgIpc) is 2.71. The maximum Gasteiger partial charge on any atom is 0.274 e. The molecule has 0 unspecified atom stereocenters. The molecule has 0 spiro atoms. The lowest BCUT2D eigenvalue weighted by Crippen LogP contribution is -2.26. The minimum Gasteiger partial charge on any atom is -0.455 e. The van der Waals surface area contributed by atoms with Crippen LogP contribution in [-0.4, -0.2) is 29.0 Å². The van der Waals surface area contributed by atoms with Crippen molar-refractivity contribution in [3.63, 3.8) is 0 Å². The zero-order chi connectivity index (χ0) is 19.9. The zero-order valence-electron chi connectivity index (χ0n) is 16.3. The lowest BCUT2D eigenvalue weighted by molar-refractivity contribution is 0.102. The van der Waals surface area contributed by atoms with Crippen molar-refractivity contribution < 1.29 is 9.53 Å². The topological polar surface area (TPSA) is 67.4 Å². The number of aryl methyl sites for hydroxylation is 1. The first kappa shape index (κ1) is 19.4. The molecule has 0 saturated heterocycles. The molecule has 3 rings (SSSR count). The number of ether oxygens (including phenoxy) is 1. The van der Waals surface area contributed by atoms with Gasteiger partial charge in [-0.15, -0.1) is 0 Å². The number of para-hydroxylation sites is 3. The highest BCUT2D eigenvalue weighted by molar-refractivity contribution is 6.03. The standard InChI is InChI=1S/C22H24N4O2/c1-4-26(5-2)22-23-16(3)15-19(25-22)21(27)24-18-13-9-10-14-20(18)28-17-11-7-6-8-12-17/h6-15H,4-5H2,1-3H3,(H,24,27). The Labute approximate surface area is 165 Å². The number of nitrogens with zero attached hydrogens (tertiary/aromatic N) is 3. The molecule has 1 amide bonds. The second-order valence-corrected chi connectivity index (χ2v) is 6.23. The number of hydrogen-bond donors (Lipinski definition) is 1. The Balaban J connectivity index is 1.84. The Morgan fingerprint density at radius 3 is 2.39 bits per heavy atom. The molecule has 0 radical (unpaired) electrons. The van der Waals surface area contributed by atoms with Gasteiger partial charge in [0.2, 0.25) is 5.95 Å². The molecule has 3 aromatic rings. The number of aromatic nitrogens is 2. The highest BCUT2D eigenvalue weighted by Gasteiger charge is 2.15. The van der Waals surface area contributed by atoms with Gasteiger partial charge in [0.15, 0.2) is 5.75 Å². The van der Waals surface area contributed by atoms with Crippen LogP contribution in [0, 0.1) is 6.92 Å². The van der Waals surface area contributed by atoms with E-state index in [0.717, 1.165) is 18.8 Å². The van der Waals surface area contributed by atoms with Gasteiger partial charge in [0.05, 0.1) is 5.69 Å². The Kier molecular flexibility index (Phi) is 6.22. The number of amides is 1. The van der Waals surface area contributed by atoms with E-state index >= 15 is 0 Å². The lowest BCUT2D eigenvalue weighted by atomic mass is 10.2. The number of hydrogen-bond acceptors (Lipinski definition) is 5. The molecule has 6 heteroatoms. The van der Waals surface area contributed by atoms with E-state index in [4.69, 9.17) is 4.74 Å². The van der Waals surface area contributed by atoms with Crippen molar-refractivity contribution in [3.8, 4) is 11.5 Å². The van der Waals surface area contributed by atoms with Crippen molar-refractivity contribution >= 4 is 17.5 Å². The molecule has 28 heavy (non-hydrogen) atoms. The van der Waals surface area contributed by atoms with Gasteiger partial charge in [-0.05, 0) is 51.1 Å². The molecule has 144 valence electrons. The smallest absolute Gasteiger partial charge is 0.274 e. The highest BCUT2D eigenvalue weighted by Crippen LogP contribution is 2.29. The molecule has 0 bridgehead atoms. The van der Waals surface area contributed by atoms with E-state index in [0.29, 0.717) is 28.8 Å². The van der Waals surface area contributed by atoms with Crippen LogP contribution < -0.4 is 15.0 Å². The van der Waals surface area contributed by atoms with Crippen LogP contribution in [0.5, 0.6) is 11.5 Å². The van der Waals surface area contributed by atoms with Crippen molar-refractivity contribution in [2.75, 3.05) is 23.3 Å². The van der Waals surface area contributed by atoms with Crippen LogP contribution in [0.15, 0.2) is 60.7 Å². The van der Waals surface area contributed by atoms with Crippen molar-refractivity contribution in [2.45, 2.75) is 20.8 Å². The van der Waals surface area contributed by atoms with Gasteiger partial charge in [-0.3, -0.25) is 4.79 Å². The van der Waals surface area contributed by atoms with Gasteiger partial charge in [0, 0.05) is 18.8 Å². The highest BCUT2D eigenvalue weighted by atomic mass is 16.5. The normalized spacial score (nSPS) is 10.4. The summed E-state index contributed by atoms with van der Waals surface area (Å²) in [4.78, 5) is 23.8. The van der Waals surface area contributed by atoms with Gasteiger partial charge in [-0.1, -0.05) is 30.3 Å². The Hall–Kier alpha value is -3.41. The van der Waals surface area contributed by atoms with E-state index in [1.807, 2.05) is 74.2 Å². The van der Waals surface area contributed by atoms with Gasteiger partial charge in [0.25, 0.3) is 5.91 Å². The summed E-state index contributed by atoms with van der Waals surface area (Å²) in [5.74, 6) is 1.52. The molecule has 1 aromatic heterocycles. The third kappa shape index (κ3) is 4.65. The van der Waals surface area contributed by atoms with Gasteiger partial charge >= 0.3 is 0 Å². The second kappa shape index (κ2) is 8.99. The van der Waals surface area contributed by atoms with Gasteiger partial charge < -0.3 is 15.0 Å². The summed E-state index contributed by atoms with van der Waals surface area (Å²) in [7, 11) is 0. The summed E-state index contributed by atoms with van der Waals surface area (Å²) in [5.41, 5.74) is 1.65. The first-order chi connectivity index (χ1) is 13.6. The summed E-state index contributed by atoms with van der Waals surface area (Å²) in [6.07, 6.45) is 0. The van der Waals surface area contributed by atoms with Gasteiger partial charge in [0.1, 0.15) is 11.4 Å². The summed E-state index contributed by atoms with van der Waals surface area (Å²) < 4.78 is 5.91. The quantitative estimate of drug-likeness (QED) is 0.649. The number of carbonyl (C=O) groups excluding carboxylic acids is 1. The maximum absolute atomic E-state index is 12.8. The molecular weight excluding hydrogens is 352 g/mol. The van der Waals surface area contributed by atoms with Crippen LogP contribution in [-0.2, 0) is 0 Å². The molecule has 0 aliphatic heterocycles. The van der Waals surface area contributed by atoms with Gasteiger partial charge in [-0.2, -0.15) is 0 Å². The Morgan fingerprint density at radius 2 is 1.68 bits per heavy atom. The van der Waals surface area contributed by atoms with E-state index in [-0.39, 0.29) is 5.91 Å². The third-order valence-electron chi connectivity index (χ3n) is 4.23. The molecule has 6 nitrogen and oxygen atoms in total. The van der Waals surface area contributed by atoms with Crippen molar-refractivity contribution in [2.24, 2.45) is 0 Å². The number of benzene rings is 2. The molecule has 0 fully saturated rings. The molecule has 0 saturated carbocycles. The predicted octanol–water partition coefficient (Wildman–Crippen LogP) is 4.68. The molecule has 2 aromatic carbocycles. The predicted molar refractivity (Wildman–Crippen MR) is 111 cm³/mol. The largest absolute Gasteiger partial charge is 0.455 e.